The molecule has 1 N–H and O–H groups in total. The number of aryl methyl sites for hydroxylation is 2. The van der Waals surface area contributed by atoms with Gasteiger partial charge in [-0.2, -0.15) is 5.10 Å². The fourth-order valence-electron chi connectivity index (χ4n) is 4.31. The molecule has 0 saturated carbocycles. The van der Waals surface area contributed by atoms with Gasteiger partial charge in [0.25, 0.3) is 11.5 Å². The molecule has 38 heavy (non-hydrogen) atoms. The van der Waals surface area contributed by atoms with E-state index >= 15 is 0 Å². The molecule has 2 aromatic carbocycles. The first-order valence-corrected chi connectivity index (χ1v) is 14.7. The fraction of sp³-hybridized carbons (Fsp3) is 0.259. The van der Waals surface area contributed by atoms with Gasteiger partial charge in [-0.05, 0) is 74.6 Å². The van der Waals surface area contributed by atoms with Crippen LogP contribution in [0.3, 0.4) is 0 Å². The molecule has 0 radical (unpaired) electrons. The minimum atomic E-state index is -0.339. The van der Waals surface area contributed by atoms with E-state index in [0.717, 1.165) is 41.8 Å². The van der Waals surface area contributed by atoms with Gasteiger partial charge in [-0.15, -0.1) is 11.3 Å². The highest BCUT2D eigenvalue weighted by molar-refractivity contribution is 7.99. The van der Waals surface area contributed by atoms with Crippen molar-refractivity contribution in [2.45, 2.75) is 37.8 Å². The molecule has 2 aromatic heterocycles. The molecule has 2 heterocycles. The molecule has 1 aliphatic rings. The van der Waals surface area contributed by atoms with Crippen molar-refractivity contribution >= 4 is 68.6 Å². The highest BCUT2D eigenvalue weighted by Crippen LogP contribution is 2.35. The van der Waals surface area contributed by atoms with Crippen molar-refractivity contribution in [2.24, 2.45) is 5.10 Å². The summed E-state index contributed by atoms with van der Waals surface area (Å²) >= 11 is 14.8. The van der Waals surface area contributed by atoms with E-state index < -0.39 is 0 Å². The summed E-state index contributed by atoms with van der Waals surface area (Å²) < 4.78 is 7.15. The number of nitrogens with zero attached hydrogens (tertiary/aromatic N) is 3. The van der Waals surface area contributed by atoms with Gasteiger partial charge in [0, 0.05) is 15.5 Å². The third-order valence-electron chi connectivity index (χ3n) is 6.05. The van der Waals surface area contributed by atoms with E-state index in [1.165, 1.54) is 22.9 Å². The lowest BCUT2D eigenvalue weighted by atomic mass is 9.97. The number of carbonyl (C=O) groups excluding carboxylic acids is 1. The summed E-state index contributed by atoms with van der Waals surface area (Å²) in [5.74, 6) is 0.402. The standard InChI is InChI=1S/C27H24Cl2N4O3S2/c1-2-36-19-11-9-18(10-12-19)33-26(35)24-20-5-3-4-6-22(20)38-25(24)31-27(33)37-15-23(34)32-30-14-16-7-8-17(28)13-21(16)29/h7-14H,2-6,15H2,1H3,(H,32,34). The molecule has 0 aliphatic heterocycles. The fourth-order valence-corrected chi connectivity index (χ4v) is 6.88. The first kappa shape index (κ1) is 26.7. The number of halogens is 2. The van der Waals surface area contributed by atoms with Crippen LogP contribution in [0.2, 0.25) is 10.0 Å². The minimum Gasteiger partial charge on any atom is -0.494 e. The van der Waals surface area contributed by atoms with Crippen molar-refractivity contribution in [3.05, 3.63) is 78.9 Å². The molecule has 1 aliphatic carbocycles. The maximum Gasteiger partial charge on any atom is 0.267 e. The van der Waals surface area contributed by atoms with Crippen LogP contribution in [0.5, 0.6) is 5.75 Å². The van der Waals surface area contributed by atoms with Gasteiger partial charge in [0.2, 0.25) is 0 Å². The summed E-state index contributed by atoms with van der Waals surface area (Å²) in [5, 5.41) is 6.08. The van der Waals surface area contributed by atoms with Crippen LogP contribution in [-0.4, -0.2) is 34.0 Å². The number of hydrogen-bond donors (Lipinski definition) is 1. The molecule has 196 valence electrons. The van der Waals surface area contributed by atoms with Crippen LogP contribution in [0.4, 0.5) is 0 Å². The van der Waals surface area contributed by atoms with Gasteiger partial charge in [-0.3, -0.25) is 14.2 Å². The summed E-state index contributed by atoms with van der Waals surface area (Å²) in [6.45, 7) is 2.47. The number of benzene rings is 2. The van der Waals surface area contributed by atoms with Crippen molar-refractivity contribution in [3.8, 4) is 11.4 Å². The summed E-state index contributed by atoms with van der Waals surface area (Å²) in [5.41, 5.74) is 4.81. The zero-order valence-corrected chi connectivity index (χ0v) is 23.6. The summed E-state index contributed by atoms with van der Waals surface area (Å²) in [6, 6.07) is 12.3. The lowest BCUT2D eigenvalue weighted by Gasteiger charge is -2.14. The number of thioether (sulfide) groups is 1. The van der Waals surface area contributed by atoms with Crippen molar-refractivity contribution in [2.75, 3.05) is 12.4 Å². The SMILES string of the molecule is CCOc1ccc(-n2c(SCC(=O)NN=Cc3ccc(Cl)cc3Cl)nc3sc4c(c3c2=O)CCCC4)cc1. The Morgan fingerprint density at radius 3 is 2.76 bits per heavy atom. The normalized spacial score (nSPS) is 13.1. The molecule has 0 unspecified atom stereocenters. The molecular weight excluding hydrogens is 563 g/mol. The number of thiophene rings is 1. The molecule has 5 rings (SSSR count). The number of hydrazone groups is 1. The highest BCUT2D eigenvalue weighted by Gasteiger charge is 2.23. The molecule has 4 aromatic rings. The van der Waals surface area contributed by atoms with Crippen molar-refractivity contribution in [1.29, 1.82) is 0 Å². The van der Waals surface area contributed by atoms with E-state index in [1.54, 1.807) is 34.1 Å². The Bertz CT molecular complexity index is 1580. The van der Waals surface area contributed by atoms with Crippen LogP contribution < -0.4 is 15.7 Å². The number of fused-ring (bicyclic) bond motifs is 3. The van der Waals surface area contributed by atoms with Gasteiger partial charge < -0.3 is 4.74 Å². The molecule has 1 amide bonds. The predicted octanol–water partition coefficient (Wildman–Crippen LogP) is 6.27. The third kappa shape index (κ3) is 5.76. The van der Waals surface area contributed by atoms with Crippen molar-refractivity contribution < 1.29 is 9.53 Å². The van der Waals surface area contributed by atoms with E-state index in [0.29, 0.717) is 38.4 Å². The number of carbonyl (C=O) groups is 1. The van der Waals surface area contributed by atoms with E-state index in [2.05, 4.69) is 10.5 Å². The number of rotatable bonds is 8. The van der Waals surface area contributed by atoms with Gasteiger partial charge in [0.1, 0.15) is 10.6 Å². The van der Waals surface area contributed by atoms with E-state index in [1.807, 2.05) is 31.2 Å². The Morgan fingerprint density at radius 1 is 1.21 bits per heavy atom. The zero-order valence-electron chi connectivity index (χ0n) is 20.5. The summed E-state index contributed by atoms with van der Waals surface area (Å²) in [4.78, 5) is 33.3. The van der Waals surface area contributed by atoms with E-state index in [4.69, 9.17) is 32.9 Å². The monoisotopic (exact) mass is 586 g/mol. The first-order chi connectivity index (χ1) is 18.4. The second-order valence-electron chi connectivity index (χ2n) is 8.60. The van der Waals surface area contributed by atoms with Crippen LogP contribution >= 0.6 is 46.3 Å². The van der Waals surface area contributed by atoms with Gasteiger partial charge >= 0.3 is 0 Å². The average molecular weight is 588 g/mol. The molecule has 0 atom stereocenters. The van der Waals surface area contributed by atoms with Gasteiger partial charge in [-0.25, -0.2) is 10.4 Å². The second-order valence-corrected chi connectivity index (χ2v) is 11.5. The minimum absolute atomic E-state index is 0.0196. The van der Waals surface area contributed by atoms with Crippen LogP contribution in [-0.2, 0) is 17.6 Å². The highest BCUT2D eigenvalue weighted by atomic mass is 35.5. The average Bonchev–Trinajstić information content (AvgIpc) is 3.28. The largest absolute Gasteiger partial charge is 0.494 e. The smallest absolute Gasteiger partial charge is 0.267 e. The molecule has 0 spiro atoms. The Balaban J connectivity index is 1.42. The van der Waals surface area contributed by atoms with Crippen LogP contribution in [0.1, 0.15) is 35.8 Å². The quantitative estimate of drug-likeness (QED) is 0.114. The number of nitrogens with one attached hydrogen (secondary N) is 1. The molecule has 0 saturated heterocycles. The maximum absolute atomic E-state index is 13.9. The molecule has 7 nitrogen and oxygen atoms in total. The number of amides is 1. The lowest BCUT2D eigenvalue weighted by molar-refractivity contribution is -0.118. The van der Waals surface area contributed by atoms with Crippen molar-refractivity contribution in [3.63, 3.8) is 0 Å². The van der Waals surface area contributed by atoms with Gasteiger partial charge in [0.15, 0.2) is 5.16 Å². The Kier molecular flexibility index (Phi) is 8.38. The Labute approximate surface area is 237 Å². The topological polar surface area (TPSA) is 85.6 Å². The first-order valence-electron chi connectivity index (χ1n) is 12.1. The second kappa shape index (κ2) is 11.9. The lowest BCUT2D eigenvalue weighted by Crippen LogP contribution is -2.24. The van der Waals surface area contributed by atoms with Crippen molar-refractivity contribution in [1.82, 2.24) is 15.0 Å². The summed E-state index contributed by atoms with van der Waals surface area (Å²) in [7, 11) is 0. The van der Waals surface area contributed by atoms with Gasteiger partial charge in [0.05, 0.1) is 34.7 Å². The molecule has 11 heteroatoms. The Morgan fingerprint density at radius 2 is 2.00 bits per heavy atom. The van der Waals surface area contributed by atoms with Gasteiger partial charge in [-0.1, -0.05) is 41.0 Å². The molecule has 0 fully saturated rings. The van der Waals surface area contributed by atoms with Crippen LogP contribution in [0.15, 0.2) is 57.5 Å². The maximum atomic E-state index is 13.9. The number of hydrogen-bond acceptors (Lipinski definition) is 7. The molecule has 0 bridgehead atoms. The zero-order chi connectivity index (χ0) is 26.6. The van der Waals surface area contributed by atoms with Crippen LogP contribution in [0, 0.1) is 0 Å². The molecular formula is C27H24Cl2N4O3S2. The van der Waals surface area contributed by atoms with E-state index in [9.17, 15) is 9.59 Å². The predicted molar refractivity (Wildman–Crippen MR) is 156 cm³/mol. The number of ether oxygens (including phenoxy) is 1. The number of aromatic nitrogens is 2. The summed E-state index contributed by atoms with van der Waals surface area (Å²) in [6.07, 6.45) is 5.51. The Hall–Kier alpha value is -2.85. The van der Waals surface area contributed by atoms with Crippen LogP contribution in [0.25, 0.3) is 15.9 Å². The van der Waals surface area contributed by atoms with E-state index in [-0.39, 0.29) is 17.2 Å². The third-order valence-corrected chi connectivity index (χ3v) is 8.74.